The van der Waals surface area contributed by atoms with E-state index in [1.54, 1.807) is 7.11 Å². The number of thiazole rings is 1. The van der Waals surface area contributed by atoms with Crippen LogP contribution in [0.2, 0.25) is 0 Å². The van der Waals surface area contributed by atoms with Crippen LogP contribution in [0, 0.1) is 6.92 Å². The van der Waals surface area contributed by atoms with Gasteiger partial charge in [0.05, 0.1) is 19.2 Å². The third-order valence-corrected chi connectivity index (χ3v) is 4.09. The summed E-state index contributed by atoms with van der Waals surface area (Å²) in [5.74, 6) is 1.27. The summed E-state index contributed by atoms with van der Waals surface area (Å²) in [6.07, 6.45) is 1.63. The van der Waals surface area contributed by atoms with Crippen LogP contribution < -0.4 is 10.1 Å². The number of carbonyl (C=O) groups excluding carboxylic acids is 1. The van der Waals surface area contributed by atoms with Crippen LogP contribution in [0.15, 0.2) is 29.9 Å². The van der Waals surface area contributed by atoms with Crippen LogP contribution in [0.1, 0.15) is 11.3 Å². The van der Waals surface area contributed by atoms with E-state index < -0.39 is 0 Å². The second kappa shape index (κ2) is 6.57. The maximum Gasteiger partial charge on any atom is 0.230 e. The number of amides is 1. The molecule has 0 radical (unpaired) electrons. The predicted octanol–water partition coefficient (Wildman–Crippen LogP) is 2.43. The zero-order chi connectivity index (χ0) is 16.2. The molecule has 0 aliphatic rings. The van der Waals surface area contributed by atoms with Crippen molar-refractivity contribution >= 4 is 22.9 Å². The van der Waals surface area contributed by atoms with Gasteiger partial charge in [0.2, 0.25) is 5.91 Å². The van der Waals surface area contributed by atoms with Gasteiger partial charge in [0.25, 0.3) is 0 Å². The molecule has 118 valence electrons. The average molecular weight is 329 g/mol. The minimum Gasteiger partial charge on any atom is -0.496 e. The number of hydrogen-bond acceptors (Lipinski definition) is 6. The minimum atomic E-state index is -0.121. The average Bonchev–Trinajstić information content (AvgIpc) is 3.18. The molecule has 0 aliphatic heterocycles. The predicted molar refractivity (Wildman–Crippen MR) is 87.6 cm³/mol. The van der Waals surface area contributed by atoms with Gasteiger partial charge in [0.15, 0.2) is 10.8 Å². The Bertz CT molecular complexity index is 813. The Morgan fingerprint density at radius 2 is 2.30 bits per heavy atom. The molecule has 2 N–H and O–H groups in total. The van der Waals surface area contributed by atoms with Crippen molar-refractivity contribution in [1.29, 1.82) is 0 Å². The summed E-state index contributed by atoms with van der Waals surface area (Å²) in [6, 6.07) is 5.51. The molecule has 0 saturated heterocycles. The Labute approximate surface area is 136 Å². The number of aromatic amines is 1. The van der Waals surface area contributed by atoms with Crippen LogP contribution in [0.4, 0.5) is 5.69 Å². The number of aryl methyl sites for hydroxylation is 1. The Morgan fingerprint density at radius 3 is 3.00 bits per heavy atom. The van der Waals surface area contributed by atoms with Crippen molar-refractivity contribution in [1.82, 2.24) is 20.2 Å². The van der Waals surface area contributed by atoms with Gasteiger partial charge in [0, 0.05) is 11.1 Å². The van der Waals surface area contributed by atoms with Gasteiger partial charge in [0.1, 0.15) is 12.1 Å². The van der Waals surface area contributed by atoms with Crippen molar-refractivity contribution in [3.05, 3.63) is 41.2 Å². The molecule has 2 aromatic heterocycles. The number of aromatic nitrogens is 4. The molecule has 23 heavy (non-hydrogen) atoms. The molecule has 1 amide bonds. The molecule has 3 aromatic rings. The molecular formula is C15H15N5O2S. The number of carbonyl (C=O) groups is 1. The van der Waals surface area contributed by atoms with Gasteiger partial charge in [-0.2, -0.15) is 5.10 Å². The summed E-state index contributed by atoms with van der Waals surface area (Å²) < 4.78 is 5.20. The van der Waals surface area contributed by atoms with Crippen LogP contribution in [0.25, 0.3) is 10.8 Å². The summed E-state index contributed by atoms with van der Waals surface area (Å²) in [5, 5.41) is 12.0. The quantitative estimate of drug-likeness (QED) is 0.750. The fourth-order valence-electron chi connectivity index (χ4n) is 2.13. The summed E-state index contributed by atoms with van der Waals surface area (Å²) in [7, 11) is 1.62. The second-order valence-electron chi connectivity index (χ2n) is 4.89. The lowest BCUT2D eigenvalue weighted by atomic mass is 10.2. The molecule has 0 atom stereocenters. The molecule has 8 heteroatoms. The molecule has 7 nitrogen and oxygen atoms in total. The van der Waals surface area contributed by atoms with Crippen molar-refractivity contribution in [2.24, 2.45) is 0 Å². The van der Waals surface area contributed by atoms with Crippen LogP contribution in [-0.4, -0.2) is 33.2 Å². The Morgan fingerprint density at radius 1 is 1.43 bits per heavy atom. The van der Waals surface area contributed by atoms with Gasteiger partial charge in [-0.15, -0.1) is 11.3 Å². The smallest absolute Gasteiger partial charge is 0.230 e. The van der Waals surface area contributed by atoms with Crippen LogP contribution in [0.3, 0.4) is 0 Å². The number of anilines is 1. The minimum absolute atomic E-state index is 0.121. The number of ether oxygens (including phenoxy) is 1. The van der Waals surface area contributed by atoms with E-state index in [1.165, 1.54) is 17.7 Å². The first-order chi connectivity index (χ1) is 11.2. The Hall–Kier alpha value is -2.74. The largest absolute Gasteiger partial charge is 0.496 e. The van der Waals surface area contributed by atoms with Crippen molar-refractivity contribution in [2.75, 3.05) is 12.4 Å². The summed E-state index contributed by atoms with van der Waals surface area (Å²) >= 11 is 1.42. The lowest BCUT2D eigenvalue weighted by Crippen LogP contribution is -2.14. The number of hydrogen-bond donors (Lipinski definition) is 2. The lowest BCUT2D eigenvalue weighted by molar-refractivity contribution is -0.115. The molecule has 0 bridgehead atoms. The molecule has 3 rings (SSSR count). The molecule has 2 heterocycles. The molecule has 0 fully saturated rings. The molecule has 0 saturated carbocycles. The summed E-state index contributed by atoms with van der Waals surface area (Å²) in [5.41, 5.74) is 2.40. The van der Waals surface area contributed by atoms with Crippen LogP contribution in [0.5, 0.6) is 5.75 Å². The van der Waals surface area contributed by atoms with Gasteiger partial charge in [-0.3, -0.25) is 9.89 Å². The first-order valence-corrected chi connectivity index (χ1v) is 7.78. The van der Waals surface area contributed by atoms with E-state index >= 15 is 0 Å². The van der Waals surface area contributed by atoms with Crippen molar-refractivity contribution < 1.29 is 9.53 Å². The van der Waals surface area contributed by atoms with Gasteiger partial charge < -0.3 is 10.1 Å². The number of methoxy groups -OCH3 is 1. The lowest BCUT2D eigenvalue weighted by Gasteiger charge is -2.08. The number of nitrogens with one attached hydrogen (secondary N) is 2. The number of nitrogens with zero attached hydrogens (tertiary/aromatic N) is 3. The first-order valence-electron chi connectivity index (χ1n) is 6.90. The number of H-pyrrole nitrogens is 1. The zero-order valence-corrected chi connectivity index (χ0v) is 13.5. The molecule has 0 spiro atoms. The van der Waals surface area contributed by atoms with Gasteiger partial charge >= 0.3 is 0 Å². The SMILES string of the molecule is COc1ccc(NC(=O)Cc2csc(-c3ncn[nH]3)n2)cc1C. The van der Waals surface area contributed by atoms with E-state index in [4.69, 9.17) is 4.74 Å². The second-order valence-corrected chi connectivity index (χ2v) is 5.75. The molecule has 1 aromatic carbocycles. The Kier molecular flexibility index (Phi) is 4.33. The van der Waals surface area contributed by atoms with E-state index in [0.29, 0.717) is 16.5 Å². The molecule has 0 unspecified atom stereocenters. The summed E-state index contributed by atoms with van der Waals surface area (Å²) in [4.78, 5) is 20.6. The standard InChI is InChI=1S/C15H15N5O2S/c1-9-5-10(3-4-12(9)22-2)18-13(21)6-11-7-23-15(19-11)14-16-8-17-20-14/h3-5,7-8H,6H2,1-2H3,(H,18,21)(H,16,17,20). The van der Waals surface area contributed by atoms with Crippen LogP contribution >= 0.6 is 11.3 Å². The van der Waals surface area contributed by atoms with E-state index in [0.717, 1.165) is 17.0 Å². The number of rotatable bonds is 5. The van der Waals surface area contributed by atoms with Crippen molar-refractivity contribution in [3.8, 4) is 16.6 Å². The highest BCUT2D eigenvalue weighted by Crippen LogP contribution is 2.22. The van der Waals surface area contributed by atoms with E-state index in [1.807, 2.05) is 30.5 Å². The van der Waals surface area contributed by atoms with Crippen molar-refractivity contribution in [2.45, 2.75) is 13.3 Å². The fraction of sp³-hybridized carbons (Fsp3) is 0.200. The summed E-state index contributed by atoms with van der Waals surface area (Å²) in [6.45, 7) is 1.93. The third-order valence-electron chi connectivity index (χ3n) is 3.19. The normalized spacial score (nSPS) is 10.5. The van der Waals surface area contributed by atoms with E-state index in [9.17, 15) is 4.79 Å². The maximum atomic E-state index is 12.1. The van der Waals surface area contributed by atoms with Gasteiger partial charge in [-0.05, 0) is 30.7 Å². The fourth-order valence-corrected chi connectivity index (χ4v) is 2.89. The zero-order valence-electron chi connectivity index (χ0n) is 12.7. The highest BCUT2D eigenvalue weighted by Gasteiger charge is 2.11. The highest BCUT2D eigenvalue weighted by atomic mass is 32.1. The third kappa shape index (κ3) is 3.54. The monoisotopic (exact) mass is 329 g/mol. The highest BCUT2D eigenvalue weighted by molar-refractivity contribution is 7.13. The van der Waals surface area contributed by atoms with Crippen LogP contribution in [-0.2, 0) is 11.2 Å². The van der Waals surface area contributed by atoms with Gasteiger partial charge in [-0.1, -0.05) is 0 Å². The first kappa shape index (κ1) is 15.2. The topological polar surface area (TPSA) is 92.8 Å². The Balaban J connectivity index is 1.64. The molecule has 0 aliphatic carbocycles. The van der Waals surface area contributed by atoms with E-state index in [2.05, 4.69) is 25.5 Å². The number of benzene rings is 1. The van der Waals surface area contributed by atoms with Crippen molar-refractivity contribution in [3.63, 3.8) is 0 Å². The maximum absolute atomic E-state index is 12.1. The van der Waals surface area contributed by atoms with E-state index in [-0.39, 0.29) is 12.3 Å². The molecular weight excluding hydrogens is 314 g/mol. The van der Waals surface area contributed by atoms with Gasteiger partial charge in [-0.25, -0.2) is 9.97 Å².